The van der Waals surface area contributed by atoms with Crippen molar-refractivity contribution in [2.24, 2.45) is 4.99 Å². The van der Waals surface area contributed by atoms with Crippen molar-refractivity contribution in [3.05, 3.63) is 18.2 Å². The molecule has 1 aromatic carbocycles. The molecule has 0 aliphatic carbocycles. The number of hydrogen-bond donors (Lipinski definition) is 3. The molecule has 0 atom stereocenters. The molecule has 8 nitrogen and oxygen atoms in total. The van der Waals surface area contributed by atoms with E-state index in [1.54, 1.807) is 47.2 Å². The van der Waals surface area contributed by atoms with Gasteiger partial charge in [0.1, 0.15) is 0 Å². The van der Waals surface area contributed by atoms with Gasteiger partial charge in [-0.15, -0.1) is 24.0 Å². The van der Waals surface area contributed by atoms with Crippen LogP contribution in [0.5, 0.6) is 11.5 Å². The lowest BCUT2D eigenvalue weighted by atomic mass is 10.1. The highest BCUT2D eigenvalue weighted by atomic mass is 127. The Labute approximate surface area is 166 Å². The molecule has 0 aliphatic rings. The monoisotopic (exact) mass is 486 g/mol. The summed E-state index contributed by atoms with van der Waals surface area (Å²) in [5, 5.41) is 6.20. The first-order valence-electron chi connectivity index (χ1n) is 7.29. The standard InChI is InChI=1S/C15H26N4O4S.HI/c1-15(2,19-24(6,20)21)10-17-14(16-3)18-11-7-8-12(22-4)13(9-11)23-5;/h7-9,19H,10H2,1-6H3,(H2,16,17,18);1H. The Balaban J connectivity index is 0.00000576. The van der Waals surface area contributed by atoms with Crippen LogP contribution in [0.25, 0.3) is 0 Å². The van der Waals surface area contributed by atoms with Crippen molar-refractivity contribution in [3.63, 3.8) is 0 Å². The molecule has 0 aliphatic heterocycles. The molecule has 144 valence electrons. The highest BCUT2D eigenvalue weighted by Crippen LogP contribution is 2.29. The summed E-state index contributed by atoms with van der Waals surface area (Å²) in [6.07, 6.45) is 1.13. The second kappa shape index (κ2) is 10.0. The number of methoxy groups -OCH3 is 2. The molecule has 0 aromatic heterocycles. The molecule has 0 fully saturated rings. The molecule has 0 radical (unpaired) electrons. The lowest BCUT2D eigenvalue weighted by Gasteiger charge is -2.26. The maximum Gasteiger partial charge on any atom is 0.209 e. The molecular weight excluding hydrogens is 459 g/mol. The number of rotatable bonds is 7. The third-order valence-corrected chi connectivity index (χ3v) is 3.95. The predicted molar refractivity (Wildman–Crippen MR) is 112 cm³/mol. The summed E-state index contributed by atoms with van der Waals surface area (Å²) in [6.45, 7) is 3.92. The summed E-state index contributed by atoms with van der Waals surface area (Å²) >= 11 is 0. The van der Waals surface area contributed by atoms with Gasteiger partial charge in [0.25, 0.3) is 0 Å². The van der Waals surface area contributed by atoms with Gasteiger partial charge in [-0.25, -0.2) is 13.1 Å². The minimum Gasteiger partial charge on any atom is -0.493 e. The lowest BCUT2D eigenvalue weighted by molar-refractivity contribution is 0.355. The highest BCUT2D eigenvalue weighted by molar-refractivity contribution is 14.0. The molecule has 0 heterocycles. The minimum atomic E-state index is -3.29. The molecule has 10 heteroatoms. The first-order valence-corrected chi connectivity index (χ1v) is 9.18. The van der Waals surface area contributed by atoms with Crippen molar-refractivity contribution in [3.8, 4) is 11.5 Å². The van der Waals surface area contributed by atoms with Gasteiger partial charge in [0.15, 0.2) is 17.5 Å². The number of anilines is 1. The van der Waals surface area contributed by atoms with E-state index in [9.17, 15) is 8.42 Å². The van der Waals surface area contributed by atoms with Crippen molar-refractivity contribution in [1.82, 2.24) is 10.0 Å². The first kappa shape index (κ1) is 23.7. The lowest BCUT2D eigenvalue weighted by Crippen LogP contribution is -2.51. The number of ether oxygens (including phenoxy) is 2. The zero-order chi connectivity index (χ0) is 18.4. The Kier molecular flexibility index (Phi) is 9.51. The fourth-order valence-electron chi connectivity index (χ4n) is 2.07. The van der Waals surface area contributed by atoms with Crippen LogP contribution < -0.4 is 24.8 Å². The van der Waals surface area contributed by atoms with Crippen molar-refractivity contribution in [1.29, 1.82) is 0 Å². The molecule has 0 saturated carbocycles. The van der Waals surface area contributed by atoms with Gasteiger partial charge in [-0.1, -0.05) is 0 Å². The van der Waals surface area contributed by atoms with Crippen molar-refractivity contribution < 1.29 is 17.9 Å². The molecule has 25 heavy (non-hydrogen) atoms. The van der Waals surface area contributed by atoms with Crippen LogP contribution in [0.15, 0.2) is 23.2 Å². The quantitative estimate of drug-likeness (QED) is 0.308. The second-order valence-corrected chi connectivity index (χ2v) is 7.63. The van der Waals surface area contributed by atoms with E-state index >= 15 is 0 Å². The third-order valence-electron chi connectivity index (χ3n) is 3.03. The smallest absolute Gasteiger partial charge is 0.209 e. The molecule has 0 amide bonds. The Morgan fingerprint density at radius 3 is 2.28 bits per heavy atom. The van der Waals surface area contributed by atoms with Crippen LogP contribution in [-0.4, -0.2) is 54.0 Å². The summed E-state index contributed by atoms with van der Waals surface area (Å²) in [7, 11) is 1.47. The number of aliphatic imine (C=N–C) groups is 1. The van der Waals surface area contributed by atoms with Crippen LogP contribution in [-0.2, 0) is 10.0 Å². The van der Waals surface area contributed by atoms with Crippen LogP contribution in [0.4, 0.5) is 5.69 Å². The molecule has 1 rings (SSSR count). The molecule has 3 N–H and O–H groups in total. The van der Waals surface area contributed by atoms with E-state index in [4.69, 9.17) is 9.47 Å². The van der Waals surface area contributed by atoms with Gasteiger partial charge in [0, 0.05) is 30.9 Å². The molecule has 1 aromatic rings. The summed E-state index contributed by atoms with van der Waals surface area (Å²) in [6, 6.07) is 5.39. The Morgan fingerprint density at radius 2 is 1.80 bits per heavy atom. The molecule has 0 bridgehead atoms. The maximum absolute atomic E-state index is 11.4. The molecule has 0 unspecified atom stereocenters. The van der Waals surface area contributed by atoms with E-state index < -0.39 is 15.6 Å². The number of nitrogens with one attached hydrogen (secondary N) is 3. The Morgan fingerprint density at radius 1 is 1.20 bits per heavy atom. The zero-order valence-electron chi connectivity index (χ0n) is 15.3. The van der Waals surface area contributed by atoms with Crippen molar-refractivity contribution in [2.75, 3.05) is 39.4 Å². The van der Waals surface area contributed by atoms with Crippen LogP contribution in [0, 0.1) is 0 Å². The Bertz CT molecular complexity index is 693. The number of guanidine groups is 1. The SMILES string of the molecule is CN=C(NCC(C)(C)NS(C)(=O)=O)Nc1ccc(OC)c(OC)c1.I. The normalized spacial score (nSPS) is 12.2. The first-order chi connectivity index (χ1) is 11.1. The minimum absolute atomic E-state index is 0. The van der Waals surface area contributed by atoms with Crippen molar-refractivity contribution >= 4 is 45.6 Å². The zero-order valence-corrected chi connectivity index (χ0v) is 18.5. The average molecular weight is 486 g/mol. The Hall–Kier alpha value is -1.27. The second-order valence-electron chi connectivity index (χ2n) is 5.88. The predicted octanol–water partition coefficient (Wildman–Crippen LogP) is 1.64. The van der Waals surface area contributed by atoms with Gasteiger partial charge < -0.3 is 20.1 Å². The van der Waals surface area contributed by atoms with Crippen LogP contribution in [0.1, 0.15) is 13.8 Å². The van der Waals surface area contributed by atoms with E-state index in [-0.39, 0.29) is 24.0 Å². The number of halogens is 1. The van der Waals surface area contributed by atoms with E-state index in [0.717, 1.165) is 11.9 Å². The summed E-state index contributed by atoms with van der Waals surface area (Å²) in [4.78, 5) is 4.13. The van der Waals surface area contributed by atoms with Crippen molar-refractivity contribution in [2.45, 2.75) is 19.4 Å². The molecule has 0 saturated heterocycles. The van der Waals surface area contributed by atoms with E-state index in [1.165, 1.54) is 0 Å². The van der Waals surface area contributed by atoms with Crippen LogP contribution in [0.2, 0.25) is 0 Å². The number of benzene rings is 1. The fraction of sp³-hybridized carbons (Fsp3) is 0.533. The van der Waals surface area contributed by atoms with E-state index in [2.05, 4.69) is 20.3 Å². The van der Waals surface area contributed by atoms with Crippen LogP contribution in [0.3, 0.4) is 0 Å². The van der Waals surface area contributed by atoms with Crippen LogP contribution >= 0.6 is 24.0 Å². The average Bonchev–Trinajstić information content (AvgIpc) is 2.48. The van der Waals surface area contributed by atoms with Gasteiger partial charge in [0.2, 0.25) is 10.0 Å². The van der Waals surface area contributed by atoms with Gasteiger partial charge in [-0.2, -0.15) is 0 Å². The number of nitrogens with zero attached hydrogens (tertiary/aromatic N) is 1. The van der Waals surface area contributed by atoms with Gasteiger partial charge in [-0.3, -0.25) is 4.99 Å². The number of sulfonamides is 1. The summed E-state index contributed by atoms with van der Waals surface area (Å²) in [5.74, 6) is 1.73. The van der Waals surface area contributed by atoms with Gasteiger partial charge in [0.05, 0.1) is 20.5 Å². The highest BCUT2D eigenvalue weighted by Gasteiger charge is 2.22. The fourth-order valence-corrected chi connectivity index (χ4v) is 3.15. The summed E-state index contributed by atoms with van der Waals surface area (Å²) < 4.78 is 35.8. The van der Waals surface area contributed by atoms with Gasteiger partial charge >= 0.3 is 0 Å². The van der Waals surface area contributed by atoms with Gasteiger partial charge in [-0.05, 0) is 26.0 Å². The molecule has 0 spiro atoms. The van der Waals surface area contributed by atoms with E-state index in [0.29, 0.717) is 24.0 Å². The molecular formula is C15H27IN4O4S. The summed E-state index contributed by atoms with van der Waals surface area (Å²) in [5.41, 5.74) is 0.0950. The maximum atomic E-state index is 11.4. The number of hydrogen-bond acceptors (Lipinski definition) is 5. The topological polar surface area (TPSA) is 101 Å². The van der Waals surface area contributed by atoms with E-state index in [1.807, 2.05) is 6.07 Å². The largest absolute Gasteiger partial charge is 0.493 e. The third kappa shape index (κ3) is 8.59.